The molecule has 0 heterocycles. The van der Waals surface area contributed by atoms with Gasteiger partial charge in [0, 0.05) is 16.7 Å². The zero-order valence-corrected chi connectivity index (χ0v) is 9.64. The minimum absolute atomic E-state index is 0.317. The second kappa shape index (κ2) is 3.51. The molecular formula is C11H9ClO2S. The summed E-state index contributed by atoms with van der Waals surface area (Å²) in [7, 11) is -3.15. The van der Waals surface area contributed by atoms with Crippen molar-refractivity contribution in [3.05, 3.63) is 41.4 Å². The van der Waals surface area contributed by atoms with Crippen LogP contribution in [0, 0.1) is 0 Å². The molecule has 0 radical (unpaired) electrons. The summed E-state index contributed by atoms with van der Waals surface area (Å²) in [5, 5.41) is 2.34. The zero-order chi connectivity index (χ0) is 11.1. The highest BCUT2D eigenvalue weighted by molar-refractivity contribution is 7.90. The molecule has 0 amide bonds. The van der Waals surface area contributed by atoms with E-state index in [1.807, 2.05) is 6.07 Å². The van der Waals surface area contributed by atoms with Gasteiger partial charge in [0.25, 0.3) is 0 Å². The summed E-state index contributed by atoms with van der Waals surface area (Å²) in [6, 6.07) is 10.4. The van der Waals surface area contributed by atoms with Crippen LogP contribution in [0.1, 0.15) is 0 Å². The summed E-state index contributed by atoms with van der Waals surface area (Å²) in [4.78, 5) is 0.317. The molecule has 0 aliphatic heterocycles. The Morgan fingerprint density at radius 3 is 2.53 bits per heavy atom. The van der Waals surface area contributed by atoms with Crippen LogP contribution in [-0.2, 0) is 9.84 Å². The highest BCUT2D eigenvalue weighted by Crippen LogP contribution is 2.25. The van der Waals surface area contributed by atoms with Crippen LogP contribution in [0.25, 0.3) is 10.8 Å². The minimum atomic E-state index is -3.15. The molecule has 2 aromatic carbocycles. The first kappa shape index (κ1) is 10.5. The van der Waals surface area contributed by atoms with Gasteiger partial charge in [0.2, 0.25) is 0 Å². The topological polar surface area (TPSA) is 34.1 Å². The molecule has 78 valence electrons. The average Bonchev–Trinajstić information content (AvgIpc) is 2.16. The van der Waals surface area contributed by atoms with E-state index in [2.05, 4.69) is 0 Å². The lowest BCUT2D eigenvalue weighted by Crippen LogP contribution is -1.96. The molecule has 0 fully saturated rings. The van der Waals surface area contributed by atoms with Crippen molar-refractivity contribution in [1.29, 1.82) is 0 Å². The second-order valence-corrected chi connectivity index (χ2v) is 5.82. The lowest BCUT2D eigenvalue weighted by Gasteiger charge is -2.02. The summed E-state index contributed by atoms with van der Waals surface area (Å²) >= 11 is 5.97. The molecule has 15 heavy (non-hydrogen) atoms. The molecular weight excluding hydrogens is 232 g/mol. The maximum atomic E-state index is 11.3. The third kappa shape index (κ3) is 1.98. The normalized spacial score (nSPS) is 11.9. The smallest absolute Gasteiger partial charge is 0.175 e. The molecule has 0 atom stereocenters. The van der Waals surface area contributed by atoms with Gasteiger partial charge in [-0.05, 0) is 23.6 Å². The fourth-order valence-electron chi connectivity index (χ4n) is 1.45. The van der Waals surface area contributed by atoms with E-state index in [0.29, 0.717) is 9.92 Å². The second-order valence-electron chi connectivity index (χ2n) is 3.39. The maximum Gasteiger partial charge on any atom is 0.175 e. The first-order valence-corrected chi connectivity index (χ1v) is 6.64. The van der Waals surface area contributed by atoms with Gasteiger partial charge >= 0.3 is 0 Å². The van der Waals surface area contributed by atoms with Gasteiger partial charge in [-0.2, -0.15) is 0 Å². The molecule has 0 spiro atoms. The van der Waals surface area contributed by atoms with Crippen LogP contribution in [0.2, 0.25) is 5.02 Å². The van der Waals surface area contributed by atoms with Gasteiger partial charge in [0.1, 0.15) is 0 Å². The van der Waals surface area contributed by atoms with Crippen molar-refractivity contribution in [2.45, 2.75) is 4.90 Å². The molecule has 0 aliphatic rings. The van der Waals surface area contributed by atoms with Crippen LogP contribution in [0.4, 0.5) is 0 Å². The van der Waals surface area contributed by atoms with E-state index in [-0.39, 0.29) is 0 Å². The predicted molar refractivity (Wildman–Crippen MR) is 62.1 cm³/mol. The SMILES string of the molecule is CS(=O)(=O)c1ccc2c(Cl)cccc2c1. The highest BCUT2D eigenvalue weighted by Gasteiger charge is 2.08. The Kier molecular flexibility index (Phi) is 2.44. The molecule has 4 heteroatoms. The fraction of sp³-hybridized carbons (Fsp3) is 0.0909. The van der Waals surface area contributed by atoms with Crippen molar-refractivity contribution in [2.75, 3.05) is 6.26 Å². The Balaban J connectivity index is 2.79. The van der Waals surface area contributed by atoms with Crippen LogP contribution < -0.4 is 0 Å². The molecule has 0 aromatic heterocycles. The summed E-state index contributed by atoms with van der Waals surface area (Å²) in [5.74, 6) is 0. The number of benzene rings is 2. The first-order chi connectivity index (χ1) is 6.98. The van der Waals surface area contributed by atoms with Gasteiger partial charge in [-0.25, -0.2) is 8.42 Å². The quantitative estimate of drug-likeness (QED) is 0.768. The maximum absolute atomic E-state index is 11.3. The number of rotatable bonds is 1. The van der Waals surface area contributed by atoms with Gasteiger partial charge in [0.05, 0.1) is 4.90 Å². The monoisotopic (exact) mass is 240 g/mol. The van der Waals surface area contributed by atoms with E-state index in [1.165, 1.54) is 6.26 Å². The van der Waals surface area contributed by atoms with Crippen molar-refractivity contribution >= 4 is 32.2 Å². The van der Waals surface area contributed by atoms with Crippen LogP contribution in [0.15, 0.2) is 41.3 Å². The van der Waals surface area contributed by atoms with Crippen molar-refractivity contribution in [1.82, 2.24) is 0 Å². The standard InChI is InChI=1S/C11H9ClO2S/c1-15(13,14)9-5-6-10-8(7-9)3-2-4-11(10)12/h2-7H,1H3. The molecule has 2 rings (SSSR count). The molecule has 0 unspecified atom stereocenters. The van der Waals surface area contributed by atoms with E-state index < -0.39 is 9.84 Å². The lowest BCUT2D eigenvalue weighted by molar-refractivity contribution is 0.602. The van der Waals surface area contributed by atoms with E-state index in [1.54, 1.807) is 30.3 Å². The minimum Gasteiger partial charge on any atom is -0.224 e. The van der Waals surface area contributed by atoms with Crippen LogP contribution in [0.3, 0.4) is 0 Å². The van der Waals surface area contributed by atoms with Crippen molar-refractivity contribution in [2.24, 2.45) is 0 Å². The average molecular weight is 241 g/mol. The van der Waals surface area contributed by atoms with E-state index in [4.69, 9.17) is 11.6 Å². The molecule has 0 saturated heterocycles. The third-order valence-corrected chi connectivity index (χ3v) is 3.67. The Labute approximate surface area is 93.4 Å². The van der Waals surface area contributed by atoms with Crippen LogP contribution >= 0.6 is 11.6 Å². The van der Waals surface area contributed by atoms with E-state index >= 15 is 0 Å². The molecule has 0 bridgehead atoms. The summed E-state index contributed by atoms with van der Waals surface area (Å²) in [6.07, 6.45) is 1.19. The van der Waals surface area contributed by atoms with Crippen molar-refractivity contribution < 1.29 is 8.42 Å². The largest absolute Gasteiger partial charge is 0.224 e. The number of fused-ring (bicyclic) bond motifs is 1. The Bertz CT molecular complexity index is 618. The van der Waals surface area contributed by atoms with Gasteiger partial charge in [-0.3, -0.25) is 0 Å². The molecule has 0 aliphatic carbocycles. The summed E-state index contributed by atoms with van der Waals surface area (Å²) in [5.41, 5.74) is 0. The van der Waals surface area contributed by atoms with Gasteiger partial charge in [0.15, 0.2) is 9.84 Å². The molecule has 0 N–H and O–H groups in total. The van der Waals surface area contributed by atoms with E-state index in [0.717, 1.165) is 10.8 Å². The third-order valence-electron chi connectivity index (χ3n) is 2.23. The molecule has 0 saturated carbocycles. The van der Waals surface area contributed by atoms with Gasteiger partial charge in [-0.15, -0.1) is 0 Å². The van der Waals surface area contributed by atoms with Crippen LogP contribution in [0.5, 0.6) is 0 Å². The van der Waals surface area contributed by atoms with Crippen molar-refractivity contribution in [3.8, 4) is 0 Å². The fourth-order valence-corrected chi connectivity index (χ4v) is 2.35. The number of hydrogen-bond donors (Lipinski definition) is 0. The number of halogens is 1. The van der Waals surface area contributed by atoms with Crippen LogP contribution in [-0.4, -0.2) is 14.7 Å². The number of sulfone groups is 1. The van der Waals surface area contributed by atoms with Gasteiger partial charge in [-0.1, -0.05) is 29.8 Å². The zero-order valence-electron chi connectivity index (χ0n) is 8.07. The highest BCUT2D eigenvalue weighted by atomic mass is 35.5. The lowest BCUT2D eigenvalue weighted by atomic mass is 10.1. The Morgan fingerprint density at radius 2 is 1.87 bits per heavy atom. The van der Waals surface area contributed by atoms with Crippen molar-refractivity contribution in [3.63, 3.8) is 0 Å². The van der Waals surface area contributed by atoms with Gasteiger partial charge < -0.3 is 0 Å². The van der Waals surface area contributed by atoms with E-state index in [9.17, 15) is 8.42 Å². The molecule has 2 nitrogen and oxygen atoms in total. The predicted octanol–water partition coefficient (Wildman–Crippen LogP) is 2.90. The number of hydrogen-bond acceptors (Lipinski definition) is 2. The molecule has 2 aromatic rings. The summed E-state index contributed by atoms with van der Waals surface area (Å²) in [6.45, 7) is 0. The Hall–Kier alpha value is -1.06. The summed E-state index contributed by atoms with van der Waals surface area (Å²) < 4.78 is 22.7. The first-order valence-electron chi connectivity index (χ1n) is 4.37. The Morgan fingerprint density at radius 1 is 1.13 bits per heavy atom.